The number of halogens is 3. The Hall–Kier alpha value is -2.63. The number of carbonyl (C=O) groups is 1. The molecule has 29 heavy (non-hydrogen) atoms. The van der Waals surface area contributed by atoms with Crippen molar-refractivity contribution < 1.29 is 22.3 Å². The first-order chi connectivity index (χ1) is 13.6. The number of anilines is 1. The molecule has 5 N–H and O–H groups in total. The first-order valence-electron chi connectivity index (χ1n) is 8.06. The molecule has 0 aliphatic heterocycles. The Morgan fingerprint density at radius 3 is 2.62 bits per heavy atom. The second-order valence-corrected chi connectivity index (χ2v) is 7.50. The molecule has 0 saturated carbocycles. The van der Waals surface area contributed by atoms with E-state index in [1.807, 2.05) is 0 Å². The van der Waals surface area contributed by atoms with Crippen LogP contribution < -0.4 is 16.4 Å². The fraction of sp³-hybridized carbons (Fsp3) is 0.235. The maximum Gasteiger partial charge on any atom is 0.274 e. The number of nitrogens with two attached hydrogens (primary N) is 1. The van der Waals surface area contributed by atoms with Crippen molar-refractivity contribution in [2.24, 2.45) is 10.7 Å². The number of guanidine groups is 1. The number of aromatic nitrogens is 1. The molecule has 0 bridgehead atoms. The first-order valence-corrected chi connectivity index (χ1v) is 9.72. The molecule has 0 radical (unpaired) electrons. The third-order valence-corrected chi connectivity index (χ3v) is 4.96. The van der Waals surface area contributed by atoms with Crippen molar-refractivity contribution in [3.8, 4) is 0 Å². The molecule has 2 unspecified atom stereocenters. The van der Waals surface area contributed by atoms with E-state index in [1.54, 1.807) is 0 Å². The minimum absolute atomic E-state index is 0.0422. The number of pyridine rings is 1. The maximum absolute atomic E-state index is 15.2. The summed E-state index contributed by atoms with van der Waals surface area (Å²) < 4.78 is 50.5. The van der Waals surface area contributed by atoms with Crippen molar-refractivity contribution in [1.29, 1.82) is 0 Å². The number of nitrogens with one attached hydrogen (secondary N) is 2. The zero-order chi connectivity index (χ0) is 21.8. The molecule has 1 aromatic carbocycles. The third-order valence-electron chi connectivity index (χ3n) is 3.91. The van der Waals surface area contributed by atoms with Crippen LogP contribution >= 0.6 is 11.6 Å². The van der Waals surface area contributed by atoms with Gasteiger partial charge in [0.1, 0.15) is 11.5 Å². The fourth-order valence-corrected chi connectivity index (χ4v) is 3.43. The number of amides is 1. The summed E-state index contributed by atoms with van der Waals surface area (Å²) in [7, 11) is 1.33. The lowest BCUT2D eigenvalue weighted by atomic mass is 9.92. The number of rotatable bonds is 6. The Bertz CT molecular complexity index is 974. The second-order valence-electron chi connectivity index (χ2n) is 6.13. The van der Waals surface area contributed by atoms with Crippen LogP contribution in [0.1, 0.15) is 23.0 Å². The standard InChI is InChI=1S/C17H18ClF2N5O3S/c1-17(8-29(27)28,25-16(21)22-2)13-10(19)4-6-11(14(13)20)24-15(26)12-5-3-9(18)7-23-12/h3-7H,8H2,1-2H3,(H,24,26)(H,27,28)(H3,21,22,25). The average Bonchev–Trinajstić information content (AvgIpc) is 2.63. The van der Waals surface area contributed by atoms with Gasteiger partial charge in [0, 0.05) is 13.2 Å². The van der Waals surface area contributed by atoms with Gasteiger partial charge in [0.2, 0.25) is 0 Å². The van der Waals surface area contributed by atoms with E-state index in [4.69, 9.17) is 17.3 Å². The molecule has 2 aromatic rings. The van der Waals surface area contributed by atoms with Gasteiger partial charge in [-0.1, -0.05) is 11.6 Å². The van der Waals surface area contributed by atoms with Gasteiger partial charge in [0.15, 0.2) is 22.9 Å². The summed E-state index contributed by atoms with van der Waals surface area (Å²) in [6, 6.07) is 4.71. The van der Waals surface area contributed by atoms with Gasteiger partial charge < -0.3 is 20.9 Å². The van der Waals surface area contributed by atoms with Gasteiger partial charge in [-0.05, 0) is 31.2 Å². The molecule has 0 fully saturated rings. The molecule has 12 heteroatoms. The van der Waals surface area contributed by atoms with E-state index in [0.717, 1.165) is 12.1 Å². The van der Waals surface area contributed by atoms with Crippen molar-refractivity contribution in [1.82, 2.24) is 10.3 Å². The van der Waals surface area contributed by atoms with Crippen molar-refractivity contribution in [3.05, 3.63) is 58.4 Å². The summed E-state index contributed by atoms with van der Waals surface area (Å²) in [4.78, 5) is 19.8. The highest BCUT2D eigenvalue weighted by Crippen LogP contribution is 2.31. The number of benzene rings is 1. The Balaban J connectivity index is 2.48. The minimum Gasteiger partial charge on any atom is -0.370 e. The molecular formula is C17H18ClF2N5O3S. The van der Waals surface area contributed by atoms with Gasteiger partial charge in [0.05, 0.1) is 27.6 Å². The van der Waals surface area contributed by atoms with Crippen LogP contribution in [0.2, 0.25) is 5.02 Å². The van der Waals surface area contributed by atoms with E-state index >= 15 is 4.39 Å². The Morgan fingerprint density at radius 2 is 2.07 bits per heavy atom. The summed E-state index contributed by atoms with van der Waals surface area (Å²) in [6.07, 6.45) is 1.24. The number of nitrogens with zero attached hydrogens (tertiary/aromatic N) is 2. The summed E-state index contributed by atoms with van der Waals surface area (Å²) in [5, 5.41) is 5.15. The van der Waals surface area contributed by atoms with E-state index in [9.17, 15) is 17.9 Å². The largest absolute Gasteiger partial charge is 0.370 e. The van der Waals surface area contributed by atoms with Crippen LogP contribution in [0, 0.1) is 11.6 Å². The quantitative estimate of drug-likeness (QED) is 0.306. The predicted molar refractivity (Wildman–Crippen MR) is 107 cm³/mol. The first kappa shape index (κ1) is 22.7. The molecular weight excluding hydrogens is 428 g/mol. The predicted octanol–water partition coefficient (Wildman–Crippen LogP) is 2.24. The lowest BCUT2D eigenvalue weighted by Gasteiger charge is -2.31. The van der Waals surface area contributed by atoms with Crippen LogP contribution in [-0.2, 0) is 16.6 Å². The Kier molecular flexibility index (Phi) is 7.22. The summed E-state index contributed by atoms with van der Waals surface area (Å²) in [5.74, 6) is -3.71. The van der Waals surface area contributed by atoms with Crippen LogP contribution in [0.25, 0.3) is 0 Å². The van der Waals surface area contributed by atoms with E-state index in [1.165, 1.54) is 32.3 Å². The summed E-state index contributed by atoms with van der Waals surface area (Å²) in [6.45, 7) is 1.28. The van der Waals surface area contributed by atoms with Crippen LogP contribution in [0.3, 0.4) is 0 Å². The molecule has 8 nitrogen and oxygen atoms in total. The molecule has 1 heterocycles. The zero-order valence-corrected chi connectivity index (χ0v) is 16.9. The molecule has 156 valence electrons. The van der Waals surface area contributed by atoms with Crippen LogP contribution in [0.15, 0.2) is 35.5 Å². The number of carbonyl (C=O) groups excluding carboxylic acids is 1. The molecule has 2 atom stereocenters. The topological polar surface area (TPSA) is 130 Å². The van der Waals surface area contributed by atoms with E-state index in [0.29, 0.717) is 5.02 Å². The number of hydrogen-bond acceptors (Lipinski definition) is 4. The van der Waals surface area contributed by atoms with E-state index < -0.39 is 45.5 Å². The van der Waals surface area contributed by atoms with Gasteiger partial charge in [-0.15, -0.1) is 0 Å². The van der Waals surface area contributed by atoms with Gasteiger partial charge in [0.25, 0.3) is 5.91 Å². The van der Waals surface area contributed by atoms with Crippen LogP contribution in [0.5, 0.6) is 0 Å². The lowest BCUT2D eigenvalue weighted by Crippen LogP contribution is -2.51. The SMILES string of the molecule is CN=C(N)NC(C)(CS(=O)O)c1c(F)ccc(NC(=O)c2ccc(Cl)cn2)c1F. The fourth-order valence-electron chi connectivity index (χ4n) is 2.61. The van der Waals surface area contributed by atoms with Crippen LogP contribution in [-0.4, -0.2) is 38.4 Å². The normalized spacial score (nSPS) is 14.8. The van der Waals surface area contributed by atoms with Gasteiger partial charge in [-0.3, -0.25) is 9.79 Å². The molecule has 0 aliphatic carbocycles. The van der Waals surface area contributed by atoms with Crippen LogP contribution in [0.4, 0.5) is 14.5 Å². The summed E-state index contributed by atoms with van der Waals surface area (Å²) in [5.41, 5.74) is 2.88. The Labute approximate surface area is 172 Å². The van der Waals surface area contributed by atoms with Gasteiger partial charge in [-0.2, -0.15) is 0 Å². The highest BCUT2D eigenvalue weighted by atomic mass is 35.5. The molecule has 0 spiro atoms. The average molecular weight is 446 g/mol. The Morgan fingerprint density at radius 1 is 1.38 bits per heavy atom. The number of hydrogen-bond donors (Lipinski definition) is 4. The smallest absolute Gasteiger partial charge is 0.274 e. The minimum atomic E-state index is -2.44. The maximum atomic E-state index is 15.2. The van der Waals surface area contributed by atoms with Crippen molar-refractivity contribution in [3.63, 3.8) is 0 Å². The molecule has 2 rings (SSSR count). The monoisotopic (exact) mass is 445 g/mol. The van der Waals surface area contributed by atoms with E-state index in [-0.39, 0.29) is 17.3 Å². The lowest BCUT2D eigenvalue weighted by molar-refractivity contribution is 0.102. The molecule has 0 aliphatic rings. The van der Waals surface area contributed by atoms with Gasteiger partial charge >= 0.3 is 0 Å². The van der Waals surface area contributed by atoms with Crippen molar-refractivity contribution in [2.75, 3.05) is 18.1 Å². The zero-order valence-electron chi connectivity index (χ0n) is 15.4. The summed E-state index contributed by atoms with van der Waals surface area (Å²) >= 11 is 3.28. The number of aliphatic imine (C=N–C) groups is 1. The molecule has 1 aromatic heterocycles. The molecule has 0 saturated heterocycles. The molecule has 1 amide bonds. The third kappa shape index (κ3) is 5.46. The highest BCUT2D eigenvalue weighted by Gasteiger charge is 2.36. The van der Waals surface area contributed by atoms with Gasteiger partial charge in [-0.25, -0.2) is 18.0 Å². The second kappa shape index (κ2) is 9.25. The highest BCUT2D eigenvalue weighted by molar-refractivity contribution is 7.79. The van der Waals surface area contributed by atoms with Crippen molar-refractivity contribution in [2.45, 2.75) is 12.5 Å². The van der Waals surface area contributed by atoms with Crippen molar-refractivity contribution >= 4 is 40.2 Å². The van der Waals surface area contributed by atoms with E-state index in [2.05, 4.69) is 20.6 Å².